The molecule has 1 heterocycles. The van der Waals surface area contributed by atoms with Gasteiger partial charge in [0.15, 0.2) is 0 Å². The molecule has 2 unspecified atom stereocenters. The molecular weight excluding hydrogens is 338 g/mol. The van der Waals surface area contributed by atoms with Gasteiger partial charge in [0.25, 0.3) is 0 Å². The molecule has 0 aromatic heterocycles. The van der Waals surface area contributed by atoms with E-state index in [-0.39, 0.29) is 28.6 Å². The highest BCUT2D eigenvalue weighted by molar-refractivity contribution is 7.89. The SMILES string of the molecule is CC(NS(=O)(=O)c1ccccc1)C(=O)N1CCC(C)(CN)C1.Cl. The maximum atomic E-state index is 12.4. The number of hydrogen-bond acceptors (Lipinski definition) is 4. The molecule has 1 fully saturated rings. The van der Waals surface area contributed by atoms with Gasteiger partial charge in [-0.1, -0.05) is 25.1 Å². The zero-order chi connectivity index (χ0) is 16.4. The number of nitrogens with zero attached hydrogens (tertiary/aromatic N) is 1. The fourth-order valence-corrected chi connectivity index (χ4v) is 3.82. The zero-order valence-corrected chi connectivity index (χ0v) is 15.0. The maximum absolute atomic E-state index is 12.4. The van der Waals surface area contributed by atoms with Gasteiger partial charge in [-0.3, -0.25) is 4.79 Å². The van der Waals surface area contributed by atoms with Crippen LogP contribution in [0.2, 0.25) is 0 Å². The molecule has 2 atom stereocenters. The Balaban J connectivity index is 0.00000264. The molecule has 23 heavy (non-hydrogen) atoms. The molecule has 8 heteroatoms. The van der Waals surface area contributed by atoms with Crippen molar-refractivity contribution in [2.24, 2.45) is 11.1 Å². The third kappa shape index (κ3) is 4.67. The lowest BCUT2D eigenvalue weighted by atomic mass is 9.90. The Morgan fingerprint density at radius 3 is 2.52 bits per heavy atom. The first-order valence-electron chi connectivity index (χ1n) is 7.34. The summed E-state index contributed by atoms with van der Waals surface area (Å²) in [5, 5.41) is 0. The lowest BCUT2D eigenvalue weighted by Crippen LogP contribution is -2.46. The van der Waals surface area contributed by atoms with Crippen LogP contribution in [0.15, 0.2) is 35.2 Å². The third-order valence-corrected chi connectivity index (χ3v) is 5.67. The van der Waals surface area contributed by atoms with E-state index in [1.807, 2.05) is 6.92 Å². The van der Waals surface area contributed by atoms with E-state index < -0.39 is 16.1 Å². The summed E-state index contributed by atoms with van der Waals surface area (Å²) in [5.41, 5.74) is 5.66. The van der Waals surface area contributed by atoms with Crippen LogP contribution in [0.5, 0.6) is 0 Å². The molecule has 0 aliphatic carbocycles. The molecular formula is C15H24ClN3O3S. The van der Waals surface area contributed by atoms with Crippen molar-refractivity contribution in [1.82, 2.24) is 9.62 Å². The first-order chi connectivity index (χ1) is 10.3. The van der Waals surface area contributed by atoms with E-state index in [2.05, 4.69) is 4.72 Å². The van der Waals surface area contributed by atoms with Crippen LogP contribution < -0.4 is 10.5 Å². The Morgan fingerprint density at radius 2 is 2.00 bits per heavy atom. The van der Waals surface area contributed by atoms with E-state index in [1.165, 1.54) is 12.1 Å². The minimum absolute atomic E-state index is 0. The molecule has 1 aliphatic heterocycles. The van der Waals surface area contributed by atoms with Crippen molar-refractivity contribution < 1.29 is 13.2 Å². The summed E-state index contributed by atoms with van der Waals surface area (Å²) >= 11 is 0. The predicted molar refractivity (Wildman–Crippen MR) is 91.8 cm³/mol. The second-order valence-electron chi connectivity index (χ2n) is 6.18. The monoisotopic (exact) mass is 361 g/mol. The number of rotatable bonds is 5. The van der Waals surface area contributed by atoms with Crippen molar-refractivity contribution in [3.8, 4) is 0 Å². The smallest absolute Gasteiger partial charge is 0.241 e. The summed E-state index contributed by atoms with van der Waals surface area (Å²) in [6.07, 6.45) is 0.841. The normalized spacial score (nSPS) is 22.5. The molecule has 130 valence electrons. The predicted octanol–water partition coefficient (Wildman–Crippen LogP) is 0.972. The third-order valence-electron chi connectivity index (χ3n) is 4.12. The van der Waals surface area contributed by atoms with Crippen molar-refractivity contribution in [3.63, 3.8) is 0 Å². The Morgan fingerprint density at radius 1 is 1.39 bits per heavy atom. The van der Waals surface area contributed by atoms with Gasteiger partial charge in [-0.25, -0.2) is 8.42 Å². The van der Waals surface area contributed by atoms with Crippen molar-refractivity contribution in [3.05, 3.63) is 30.3 Å². The topological polar surface area (TPSA) is 92.5 Å². The van der Waals surface area contributed by atoms with Crippen LogP contribution >= 0.6 is 12.4 Å². The van der Waals surface area contributed by atoms with Crippen molar-refractivity contribution >= 4 is 28.3 Å². The van der Waals surface area contributed by atoms with E-state index in [1.54, 1.807) is 30.0 Å². The van der Waals surface area contributed by atoms with Gasteiger partial charge in [0.2, 0.25) is 15.9 Å². The quantitative estimate of drug-likeness (QED) is 0.817. The van der Waals surface area contributed by atoms with Crippen molar-refractivity contribution in [2.75, 3.05) is 19.6 Å². The van der Waals surface area contributed by atoms with Gasteiger partial charge >= 0.3 is 0 Å². The van der Waals surface area contributed by atoms with Crippen LogP contribution in [-0.2, 0) is 14.8 Å². The molecule has 1 aliphatic rings. The number of hydrogen-bond donors (Lipinski definition) is 2. The number of likely N-dealkylation sites (tertiary alicyclic amines) is 1. The lowest BCUT2D eigenvalue weighted by molar-refractivity contribution is -0.131. The lowest BCUT2D eigenvalue weighted by Gasteiger charge is -2.25. The van der Waals surface area contributed by atoms with Gasteiger partial charge in [0.1, 0.15) is 0 Å². The molecule has 0 spiro atoms. The zero-order valence-electron chi connectivity index (χ0n) is 13.4. The van der Waals surface area contributed by atoms with Gasteiger partial charge in [-0.15, -0.1) is 12.4 Å². The molecule has 1 aromatic carbocycles. The average molecular weight is 362 g/mol. The molecule has 3 N–H and O–H groups in total. The van der Waals surface area contributed by atoms with Crippen LogP contribution in [0.25, 0.3) is 0 Å². The fraction of sp³-hybridized carbons (Fsp3) is 0.533. The number of nitrogens with one attached hydrogen (secondary N) is 1. The number of benzene rings is 1. The number of carbonyl (C=O) groups excluding carboxylic acids is 1. The first kappa shape index (κ1) is 19.9. The van der Waals surface area contributed by atoms with Crippen LogP contribution in [0, 0.1) is 5.41 Å². The van der Waals surface area contributed by atoms with E-state index in [9.17, 15) is 13.2 Å². The molecule has 1 saturated heterocycles. The number of nitrogens with two attached hydrogens (primary N) is 1. The molecule has 0 radical (unpaired) electrons. The summed E-state index contributed by atoms with van der Waals surface area (Å²) in [6, 6.07) is 7.24. The van der Waals surface area contributed by atoms with E-state index in [0.29, 0.717) is 19.6 Å². The molecule has 1 amide bonds. The summed E-state index contributed by atoms with van der Waals surface area (Å²) < 4.78 is 26.9. The van der Waals surface area contributed by atoms with Crippen LogP contribution in [0.3, 0.4) is 0 Å². The highest BCUT2D eigenvalue weighted by Gasteiger charge is 2.37. The Bertz CT molecular complexity index is 639. The van der Waals surface area contributed by atoms with E-state index >= 15 is 0 Å². The Labute approximate surface area is 143 Å². The molecule has 0 bridgehead atoms. The van der Waals surface area contributed by atoms with Crippen LogP contribution in [0.1, 0.15) is 20.3 Å². The van der Waals surface area contributed by atoms with Crippen LogP contribution in [0.4, 0.5) is 0 Å². The molecule has 6 nitrogen and oxygen atoms in total. The van der Waals surface area contributed by atoms with E-state index in [4.69, 9.17) is 5.73 Å². The van der Waals surface area contributed by atoms with Gasteiger partial charge in [-0.2, -0.15) is 4.72 Å². The van der Waals surface area contributed by atoms with Gasteiger partial charge in [0, 0.05) is 13.1 Å². The van der Waals surface area contributed by atoms with Gasteiger partial charge in [0.05, 0.1) is 10.9 Å². The largest absolute Gasteiger partial charge is 0.341 e. The Kier molecular flexibility index (Phi) is 6.59. The summed E-state index contributed by atoms with van der Waals surface area (Å²) in [5.74, 6) is -0.211. The summed E-state index contributed by atoms with van der Waals surface area (Å²) in [4.78, 5) is 14.3. The highest BCUT2D eigenvalue weighted by atomic mass is 35.5. The summed E-state index contributed by atoms with van der Waals surface area (Å²) in [6.45, 7) is 5.31. The van der Waals surface area contributed by atoms with Crippen molar-refractivity contribution in [1.29, 1.82) is 0 Å². The molecule has 0 saturated carbocycles. The second kappa shape index (κ2) is 7.61. The minimum Gasteiger partial charge on any atom is -0.341 e. The van der Waals surface area contributed by atoms with Crippen molar-refractivity contribution in [2.45, 2.75) is 31.2 Å². The van der Waals surface area contributed by atoms with Gasteiger partial charge < -0.3 is 10.6 Å². The molecule has 1 aromatic rings. The minimum atomic E-state index is -3.69. The van der Waals surface area contributed by atoms with E-state index in [0.717, 1.165) is 6.42 Å². The maximum Gasteiger partial charge on any atom is 0.241 e. The average Bonchev–Trinajstić information content (AvgIpc) is 2.90. The first-order valence-corrected chi connectivity index (χ1v) is 8.82. The number of amides is 1. The fourth-order valence-electron chi connectivity index (χ4n) is 2.60. The highest BCUT2D eigenvalue weighted by Crippen LogP contribution is 2.28. The number of sulfonamides is 1. The van der Waals surface area contributed by atoms with Crippen LogP contribution in [-0.4, -0.2) is 44.9 Å². The van der Waals surface area contributed by atoms with Gasteiger partial charge in [-0.05, 0) is 37.4 Å². The number of halogens is 1. The second-order valence-corrected chi connectivity index (χ2v) is 7.89. The Hall–Kier alpha value is -1.15. The molecule has 2 rings (SSSR count). The summed E-state index contributed by atoms with van der Waals surface area (Å²) in [7, 11) is -3.69. The standard InChI is InChI=1S/C15H23N3O3S.ClH/c1-12(14(19)18-9-8-15(2,10-16)11-18)17-22(20,21)13-6-4-3-5-7-13;/h3-7,12,17H,8-11,16H2,1-2H3;1H. The number of carbonyl (C=O) groups is 1.